The molecule has 6 aromatic carbocycles. The molecular weight excluding hydrogens is 1360 g/mol. The maximum atomic E-state index is 11.5. The quantitative estimate of drug-likeness (QED) is 0.0860. The molecule has 0 bridgehead atoms. The summed E-state index contributed by atoms with van der Waals surface area (Å²) in [6.45, 7) is 19.1. The maximum Gasteiger partial charge on any atom is 2.00 e. The molecule has 3 aromatic heterocycles. The fourth-order valence-electron chi connectivity index (χ4n) is 7.91. The van der Waals surface area contributed by atoms with E-state index in [1.165, 1.54) is 86.9 Å². The van der Waals surface area contributed by atoms with Gasteiger partial charge in [-0.1, -0.05) is 211 Å². The molecule has 9 aromatic rings. The second kappa shape index (κ2) is 38.9. The molecule has 0 unspecified atom stereocenters. The second-order valence-electron chi connectivity index (χ2n) is 18.0. The van der Waals surface area contributed by atoms with Gasteiger partial charge in [-0.15, -0.1) is 0 Å². The molecule has 0 aliphatic rings. The number of carbonyl (C=O) groups excluding carboxylic acids is 3. The van der Waals surface area contributed by atoms with Gasteiger partial charge in [0.1, 0.15) is 18.9 Å². The van der Waals surface area contributed by atoms with Gasteiger partial charge >= 0.3 is 58.4 Å². The number of hydrogen-bond acceptors (Lipinski definition) is 12. The Bertz CT molecular complexity index is 2950. The van der Waals surface area contributed by atoms with Gasteiger partial charge in [0, 0.05) is 35.3 Å². The Labute approximate surface area is 533 Å². The normalized spacial score (nSPS) is 9.48. The molecule has 0 saturated heterocycles. The first-order valence-electron chi connectivity index (χ1n) is 24.2. The molecule has 9 rings (SSSR count). The third-order valence-electron chi connectivity index (χ3n) is 10.7. The number of pyridine rings is 3. The monoisotopic (exact) mass is 1420 g/mol. The SMILES string of the molecule is Cc1cc(C)cc(C)c1.Cc1cc(C)cc(C)c1.Cc1cc(C)cc(C)c1.ClC(Cl)Cl.O=Cc1cccc(-c2ccnc([O-])c2[O-])c1.O=Cc1cccc(-c2ccnc([O-])c2[O-])c1.O=Cc1cccc(-c2ccnc([O-])c2[O-])c1.[Ru+2].[Ru+2].[Ru+2]. The molecule has 0 fully saturated rings. The summed E-state index contributed by atoms with van der Waals surface area (Å²) in [5, 5.41) is 67.7. The van der Waals surface area contributed by atoms with E-state index in [-0.39, 0.29) is 75.1 Å². The number of halogens is 3. The molecule has 12 nitrogen and oxygen atoms in total. The number of alkyl halides is 3. The molecule has 0 saturated carbocycles. The minimum atomic E-state index is -0.783. The van der Waals surface area contributed by atoms with Gasteiger partial charge < -0.3 is 30.6 Å². The van der Waals surface area contributed by atoms with Crippen molar-refractivity contribution in [3.05, 3.63) is 231 Å². The summed E-state index contributed by atoms with van der Waals surface area (Å²) in [4.78, 5) is 41.9. The van der Waals surface area contributed by atoms with Crippen LogP contribution in [0.2, 0.25) is 0 Å². The summed E-state index contributed by atoms with van der Waals surface area (Å²) in [7, 11) is 0. The van der Waals surface area contributed by atoms with E-state index in [0.29, 0.717) is 52.2 Å². The predicted octanol–water partition coefficient (Wildman–Crippen LogP) is 11.9. The van der Waals surface area contributed by atoms with E-state index in [9.17, 15) is 45.0 Å². The Morgan fingerprint density at radius 1 is 0.329 bits per heavy atom. The molecule has 0 amide bonds. The Kier molecular flexibility index (Phi) is 35.7. The van der Waals surface area contributed by atoms with Crippen LogP contribution in [0.15, 0.2) is 164 Å². The summed E-state index contributed by atoms with van der Waals surface area (Å²) in [5.41, 5.74) is 16.0. The Morgan fingerprint density at radius 3 is 0.683 bits per heavy atom. The van der Waals surface area contributed by atoms with Crippen molar-refractivity contribution in [1.82, 2.24) is 15.0 Å². The molecule has 0 atom stereocenters. The summed E-state index contributed by atoms with van der Waals surface area (Å²) >= 11 is 14.4. The summed E-state index contributed by atoms with van der Waals surface area (Å²) in [6, 6.07) is 43.6. The molecule has 0 spiro atoms. The average Bonchev–Trinajstić information content (AvgIpc) is 3.38. The number of aldehydes is 3. The van der Waals surface area contributed by atoms with Crippen LogP contribution < -0.4 is 30.6 Å². The third-order valence-corrected chi connectivity index (χ3v) is 10.7. The van der Waals surface area contributed by atoms with E-state index < -0.39 is 39.2 Å². The Balaban J connectivity index is 0.000000957. The minimum absolute atomic E-state index is 0. The van der Waals surface area contributed by atoms with Crippen molar-refractivity contribution in [2.45, 2.75) is 66.6 Å². The molecule has 428 valence electrons. The molecule has 3 heterocycles. The van der Waals surface area contributed by atoms with Crippen molar-refractivity contribution in [1.29, 1.82) is 0 Å². The van der Waals surface area contributed by atoms with Gasteiger partial charge in [-0.05, 0) is 150 Å². The standard InChI is InChI=1S/3C12H9NO3.3C9H12.CHCl3.3Ru/c3*14-7-8-2-1-3-9(6-8)10-4-5-13-12(16)11(10)15;3*1-7-4-8(2)6-9(3)5-7;2-1(3)4;;;/h3*1-7,15H,(H,13,16);3*4-6H,1-3H3;1H;;;/q;;;;;;;3*+2/p-6. The van der Waals surface area contributed by atoms with Crippen LogP contribution >= 0.6 is 34.8 Å². The zero-order chi connectivity index (χ0) is 58.8. The number of hydrogen-bond donors (Lipinski definition) is 0. The van der Waals surface area contributed by atoms with Gasteiger partial charge in [-0.3, -0.25) is 29.3 Å². The van der Waals surface area contributed by atoms with Crippen LogP contribution in [-0.4, -0.2) is 38.1 Å². The van der Waals surface area contributed by atoms with Crippen molar-refractivity contribution in [2.75, 3.05) is 0 Å². The molecule has 0 aliphatic heterocycles. The van der Waals surface area contributed by atoms with Crippen LogP contribution in [-0.2, 0) is 58.4 Å². The van der Waals surface area contributed by atoms with Crippen molar-refractivity contribution >= 4 is 53.7 Å². The van der Waals surface area contributed by atoms with E-state index in [4.69, 9.17) is 34.8 Å². The van der Waals surface area contributed by atoms with Crippen LogP contribution in [0.4, 0.5) is 0 Å². The Morgan fingerprint density at radius 2 is 0.512 bits per heavy atom. The van der Waals surface area contributed by atoms with E-state index in [2.05, 4.69) is 132 Å². The van der Waals surface area contributed by atoms with Crippen molar-refractivity contribution in [2.24, 2.45) is 0 Å². The number of nitrogens with zero attached hydrogens (tertiary/aromatic N) is 3. The van der Waals surface area contributed by atoms with Crippen LogP contribution in [0.5, 0.6) is 34.9 Å². The van der Waals surface area contributed by atoms with Gasteiger partial charge in [0.15, 0.2) is 4.30 Å². The van der Waals surface area contributed by atoms with Crippen molar-refractivity contribution in [3.63, 3.8) is 0 Å². The molecule has 0 N–H and O–H groups in total. The van der Waals surface area contributed by atoms with Crippen molar-refractivity contribution < 1.29 is 103 Å². The average molecular weight is 1420 g/mol. The zero-order valence-corrected chi connectivity index (χ0v) is 53.6. The van der Waals surface area contributed by atoms with Gasteiger partial charge in [-0.25, -0.2) is 0 Å². The molecule has 0 radical (unpaired) electrons. The van der Waals surface area contributed by atoms with E-state index in [1.54, 1.807) is 72.8 Å². The first-order chi connectivity index (χ1) is 37.4. The topological polar surface area (TPSA) is 228 Å². The number of carbonyl (C=O) groups is 3. The second-order valence-corrected chi connectivity index (χ2v) is 19.9. The van der Waals surface area contributed by atoms with E-state index in [1.807, 2.05) is 0 Å². The Hall–Kier alpha value is -6.68. The smallest absolute Gasteiger partial charge is 0.871 e. The number of benzene rings is 6. The molecule has 18 heteroatoms. The maximum absolute atomic E-state index is 11.5. The zero-order valence-electron chi connectivity index (χ0n) is 46.1. The van der Waals surface area contributed by atoms with Gasteiger partial charge in [0.25, 0.3) is 0 Å². The predicted molar refractivity (Wildman–Crippen MR) is 305 cm³/mol. The molecule has 0 aliphatic carbocycles. The first-order valence-corrected chi connectivity index (χ1v) is 25.5. The summed E-state index contributed by atoms with van der Waals surface area (Å²) < 4.78 is -0.750. The number of aromatic nitrogens is 3. The fraction of sp³-hybridized carbons (Fsp3) is 0.156. The molecule has 82 heavy (non-hydrogen) atoms. The van der Waals surface area contributed by atoms with Gasteiger partial charge in [-0.2, -0.15) is 0 Å². The minimum Gasteiger partial charge on any atom is -0.871 e. The van der Waals surface area contributed by atoms with Crippen molar-refractivity contribution in [3.8, 4) is 68.3 Å². The van der Waals surface area contributed by atoms with Crippen LogP contribution in [0, 0.1) is 62.3 Å². The van der Waals surface area contributed by atoms with Crippen LogP contribution in [0.25, 0.3) is 33.4 Å². The largest absolute Gasteiger partial charge is 2.00 e. The van der Waals surface area contributed by atoms with E-state index in [0.717, 1.165) is 0 Å². The van der Waals surface area contributed by atoms with Crippen LogP contribution in [0.3, 0.4) is 0 Å². The van der Waals surface area contributed by atoms with Gasteiger partial charge in [0.2, 0.25) is 0 Å². The fourth-order valence-corrected chi connectivity index (χ4v) is 7.91. The van der Waals surface area contributed by atoms with E-state index >= 15 is 0 Å². The van der Waals surface area contributed by atoms with Gasteiger partial charge in [0.05, 0.1) is 0 Å². The number of aryl methyl sites for hydroxylation is 9. The molecular formula is C64H58Cl3N3O9Ru3. The van der Waals surface area contributed by atoms with Crippen LogP contribution in [0.1, 0.15) is 81.1 Å². The number of rotatable bonds is 6. The summed E-state index contributed by atoms with van der Waals surface area (Å²) in [5.74, 6) is -4.29. The summed E-state index contributed by atoms with van der Waals surface area (Å²) in [6.07, 6.45) is 5.92. The first kappa shape index (κ1) is 75.3. The third kappa shape index (κ3) is 26.9.